The van der Waals surface area contributed by atoms with Crippen molar-refractivity contribution in [2.75, 3.05) is 0 Å². The van der Waals surface area contributed by atoms with E-state index in [-0.39, 0.29) is 16.6 Å². The molecule has 5 nitrogen and oxygen atoms in total. The Morgan fingerprint density at radius 3 is 1.74 bits per heavy atom. The molecule has 1 aromatic heterocycles. The minimum absolute atomic E-state index is 0.125. The van der Waals surface area contributed by atoms with E-state index < -0.39 is 7.14 Å². The van der Waals surface area contributed by atoms with Gasteiger partial charge in [0.1, 0.15) is 22.5 Å². The molecule has 0 aliphatic heterocycles. The van der Waals surface area contributed by atoms with Gasteiger partial charge in [-0.15, -0.1) is 15.0 Å². The molecule has 194 valence electrons. The van der Waals surface area contributed by atoms with Gasteiger partial charge in [-0.25, -0.2) is 0 Å². The molecule has 0 amide bonds. The first-order valence-electron chi connectivity index (χ1n) is 12.9. The quantitative estimate of drug-likeness (QED) is 0.278. The number of benzene rings is 4. The molecule has 5 aromatic rings. The SMILES string of the molecule is CC(C)(C)c1cc(-n2nc3ccc(P(=O)(c4ccccc4)c4ccccc4)cc3n2)c(O)c(C(C)(C)C)c1. The lowest BCUT2D eigenvalue weighted by atomic mass is 9.80. The predicted molar refractivity (Wildman–Crippen MR) is 157 cm³/mol. The first-order valence-corrected chi connectivity index (χ1v) is 14.6. The highest BCUT2D eigenvalue weighted by Crippen LogP contribution is 2.43. The summed E-state index contributed by atoms with van der Waals surface area (Å²) in [5.41, 5.74) is 3.37. The molecule has 4 aromatic carbocycles. The van der Waals surface area contributed by atoms with Crippen molar-refractivity contribution in [1.29, 1.82) is 0 Å². The topological polar surface area (TPSA) is 68.0 Å². The molecule has 0 radical (unpaired) electrons. The predicted octanol–water partition coefficient (Wildman–Crippen LogP) is 6.36. The molecule has 0 unspecified atom stereocenters. The Labute approximate surface area is 224 Å². The van der Waals surface area contributed by atoms with Crippen molar-refractivity contribution in [2.24, 2.45) is 0 Å². The first kappa shape index (κ1) is 25.9. The largest absolute Gasteiger partial charge is 0.505 e. The van der Waals surface area contributed by atoms with Crippen molar-refractivity contribution in [2.45, 2.75) is 52.4 Å². The first-order chi connectivity index (χ1) is 17.9. The molecular formula is C32H34N3O2P. The van der Waals surface area contributed by atoms with Crippen molar-refractivity contribution < 1.29 is 9.67 Å². The number of nitrogens with zero attached hydrogens (tertiary/aromatic N) is 3. The Hall–Kier alpha value is -3.69. The molecule has 0 spiro atoms. The van der Waals surface area contributed by atoms with Gasteiger partial charge in [-0.1, -0.05) is 108 Å². The zero-order valence-electron chi connectivity index (χ0n) is 22.8. The van der Waals surface area contributed by atoms with E-state index in [1.807, 2.05) is 84.9 Å². The fourth-order valence-electron chi connectivity index (χ4n) is 4.71. The Balaban J connectivity index is 1.70. The second kappa shape index (κ2) is 9.25. The lowest BCUT2D eigenvalue weighted by molar-refractivity contribution is 0.438. The van der Waals surface area contributed by atoms with Crippen LogP contribution in [0.5, 0.6) is 5.75 Å². The number of phenols is 1. The summed E-state index contributed by atoms with van der Waals surface area (Å²) in [6, 6.07) is 28.8. The normalized spacial score (nSPS) is 12.7. The smallest absolute Gasteiger partial charge is 0.171 e. The monoisotopic (exact) mass is 523 g/mol. The van der Waals surface area contributed by atoms with Crippen LogP contribution in [0.4, 0.5) is 0 Å². The van der Waals surface area contributed by atoms with E-state index in [9.17, 15) is 9.67 Å². The third kappa shape index (κ3) is 4.56. The van der Waals surface area contributed by atoms with Gasteiger partial charge in [0.2, 0.25) is 0 Å². The van der Waals surface area contributed by atoms with E-state index in [0.29, 0.717) is 22.0 Å². The summed E-state index contributed by atoms with van der Waals surface area (Å²) in [5.74, 6) is 0.172. The van der Waals surface area contributed by atoms with Crippen molar-refractivity contribution >= 4 is 34.1 Å². The molecule has 38 heavy (non-hydrogen) atoms. The van der Waals surface area contributed by atoms with Crippen LogP contribution < -0.4 is 15.9 Å². The van der Waals surface area contributed by atoms with E-state index in [1.165, 1.54) is 4.80 Å². The molecule has 0 saturated heterocycles. The summed E-state index contributed by atoms with van der Waals surface area (Å²) in [5, 5.41) is 23.0. The summed E-state index contributed by atoms with van der Waals surface area (Å²) in [6.07, 6.45) is 0. The number of aromatic nitrogens is 3. The van der Waals surface area contributed by atoms with Gasteiger partial charge < -0.3 is 9.67 Å². The van der Waals surface area contributed by atoms with Gasteiger partial charge in [-0.3, -0.25) is 0 Å². The Morgan fingerprint density at radius 1 is 0.658 bits per heavy atom. The third-order valence-electron chi connectivity index (χ3n) is 6.95. The van der Waals surface area contributed by atoms with Crippen molar-refractivity contribution in [3.8, 4) is 11.4 Å². The van der Waals surface area contributed by atoms with Crippen LogP contribution in [0.3, 0.4) is 0 Å². The average molecular weight is 524 g/mol. The number of phenolic OH excluding ortho intramolecular Hbond substituents is 1. The van der Waals surface area contributed by atoms with E-state index in [2.05, 4.69) is 47.6 Å². The van der Waals surface area contributed by atoms with Crippen molar-refractivity contribution in [1.82, 2.24) is 15.0 Å². The Morgan fingerprint density at radius 2 is 1.21 bits per heavy atom. The number of fused-ring (bicyclic) bond motifs is 1. The maximum absolute atomic E-state index is 14.8. The molecule has 1 N–H and O–H groups in total. The molecule has 0 aliphatic rings. The maximum Gasteiger partial charge on any atom is 0.171 e. The molecule has 5 rings (SSSR count). The van der Waals surface area contributed by atoms with Crippen LogP contribution in [-0.4, -0.2) is 20.1 Å². The Kier molecular flexibility index (Phi) is 6.31. The zero-order valence-corrected chi connectivity index (χ0v) is 23.7. The van der Waals surface area contributed by atoms with Gasteiger partial charge in [0.25, 0.3) is 0 Å². The summed E-state index contributed by atoms with van der Waals surface area (Å²) < 4.78 is 14.8. The maximum atomic E-state index is 14.8. The van der Waals surface area contributed by atoms with Crippen LogP contribution in [-0.2, 0) is 15.4 Å². The molecule has 0 aliphatic carbocycles. The highest BCUT2D eigenvalue weighted by atomic mass is 31.2. The van der Waals surface area contributed by atoms with E-state index in [0.717, 1.165) is 21.7 Å². The van der Waals surface area contributed by atoms with E-state index in [4.69, 9.17) is 10.2 Å². The van der Waals surface area contributed by atoms with Gasteiger partial charge in [0, 0.05) is 21.5 Å². The number of aromatic hydroxyl groups is 1. The lowest BCUT2D eigenvalue weighted by Gasteiger charge is -2.27. The van der Waals surface area contributed by atoms with Gasteiger partial charge >= 0.3 is 0 Å². The average Bonchev–Trinajstić information content (AvgIpc) is 3.31. The van der Waals surface area contributed by atoms with Gasteiger partial charge in [0.15, 0.2) is 7.14 Å². The summed E-state index contributed by atoms with van der Waals surface area (Å²) in [6.45, 7) is 12.7. The van der Waals surface area contributed by atoms with Crippen LogP contribution in [0.1, 0.15) is 52.7 Å². The molecular weight excluding hydrogens is 489 g/mol. The number of rotatable bonds is 4. The number of hydrogen-bond donors (Lipinski definition) is 1. The van der Waals surface area contributed by atoms with E-state index in [1.54, 1.807) is 0 Å². The van der Waals surface area contributed by atoms with Gasteiger partial charge in [-0.05, 0) is 40.7 Å². The fourth-order valence-corrected chi connectivity index (χ4v) is 7.37. The molecule has 0 saturated carbocycles. The van der Waals surface area contributed by atoms with Crippen LogP contribution in [0.15, 0.2) is 91.0 Å². The third-order valence-corrected chi connectivity index (χ3v) is 10.0. The zero-order chi connectivity index (χ0) is 27.3. The minimum atomic E-state index is -3.14. The molecule has 1 heterocycles. The highest BCUT2D eigenvalue weighted by molar-refractivity contribution is 7.85. The second-order valence-corrected chi connectivity index (χ2v) is 14.6. The van der Waals surface area contributed by atoms with Gasteiger partial charge in [-0.2, -0.15) is 0 Å². The summed E-state index contributed by atoms with van der Waals surface area (Å²) in [7, 11) is -3.14. The highest BCUT2D eigenvalue weighted by Gasteiger charge is 2.31. The molecule has 0 fully saturated rings. The summed E-state index contributed by atoms with van der Waals surface area (Å²) in [4.78, 5) is 1.50. The second-order valence-electron chi connectivity index (χ2n) is 11.8. The van der Waals surface area contributed by atoms with Crippen LogP contribution in [0.2, 0.25) is 0 Å². The van der Waals surface area contributed by atoms with Crippen LogP contribution >= 0.6 is 7.14 Å². The van der Waals surface area contributed by atoms with Crippen molar-refractivity contribution in [3.05, 3.63) is 102 Å². The van der Waals surface area contributed by atoms with Crippen molar-refractivity contribution in [3.63, 3.8) is 0 Å². The number of hydrogen-bond acceptors (Lipinski definition) is 4. The molecule has 0 bridgehead atoms. The fraction of sp³-hybridized carbons (Fsp3) is 0.250. The lowest BCUT2D eigenvalue weighted by Crippen LogP contribution is -2.24. The Bertz CT molecular complexity index is 1620. The molecule has 0 atom stereocenters. The van der Waals surface area contributed by atoms with Crippen LogP contribution in [0, 0.1) is 0 Å². The standard InChI is InChI=1S/C32H34N3O2P/c1-31(2,3)22-19-26(32(4,5)6)30(36)29(20-22)35-33-27-18-17-25(21-28(27)34-35)38(37,23-13-9-7-10-14-23)24-15-11-8-12-16-24/h7-21,36H,1-6H3. The van der Waals surface area contributed by atoms with Crippen LogP contribution in [0.25, 0.3) is 16.7 Å². The van der Waals surface area contributed by atoms with E-state index >= 15 is 0 Å². The summed E-state index contributed by atoms with van der Waals surface area (Å²) >= 11 is 0. The molecule has 6 heteroatoms. The minimum Gasteiger partial charge on any atom is -0.505 e. The van der Waals surface area contributed by atoms with Gasteiger partial charge in [0.05, 0.1) is 0 Å².